The van der Waals surface area contributed by atoms with Crippen LogP contribution in [0.3, 0.4) is 0 Å². The average Bonchev–Trinajstić information content (AvgIpc) is 2.89. The molecule has 24 heavy (non-hydrogen) atoms. The summed E-state index contributed by atoms with van der Waals surface area (Å²) in [7, 11) is 0. The maximum absolute atomic E-state index is 12.6. The lowest BCUT2D eigenvalue weighted by atomic mass is 10.0. The van der Waals surface area contributed by atoms with E-state index in [0.29, 0.717) is 23.0 Å². The molecule has 2 heterocycles. The normalized spacial score (nSPS) is 18.2. The van der Waals surface area contributed by atoms with Gasteiger partial charge in [-0.2, -0.15) is 0 Å². The van der Waals surface area contributed by atoms with E-state index in [1.807, 2.05) is 31.2 Å². The highest BCUT2D eigenvalue weighted by Crippen LogP contribution is 2.40. The number of fused-ring (bicyclic) bond motifs is 1. The number of non-ortho nitro benzene ring substituents is 1. The molecule has 2 N–H and O–H groups in total. The van der Waals surface area contributed by atoms with Crippen LogP contribution >= 0.6 is 0 Å². The molecular formula is C17H13N3O4. The van der Waals surface area contributed by atoms with Gasteiger partial charge in [0.25, 0.3) is 5.69 Å². The van der Waals surface area contributed by atoms with Crippen LogP contribution in [0.4, 0.5) is 17.1 Å². The van der Waals surface area contributed by atoms with Crippen LogP contribution in [0.2, 0.25) is 0 Å². The molecule has 2 aromatic carbocycles. The van der Waals surface area contributed by atoms with Crippen LogP contribution in [0.15, 0.2) is 54.0 Å². The Morgan fingerprint density at radius 3 is 2.54 bits per heavy atom. The van der Waals surface area contributed by atoms with E-state index in [1.165, 1.54) is 12.1 Å². The molecule has 0 spiro atoms. The first-order valence-electron chi connectivity index (χ1n) is 7.37. The van der Waals surface area contributed by atoms with Crippen molar-refractivity contribution in [2.24, 2.45) is 0 Å². The molecule has 2 aliphatic rings. The van der Waals surface area contributed by atoms with Crippen molar-refractivity contribution in [1.82, 2.24) is 0 Å². The number of hydrogen-bond donors (Lipinski definition) is 2. The highest BCUT2D eigenvalue weighted by molar-refractivity contribution is 6.06. The molecule has 1 atom stereocenters. The first-order chi connectivity index (χ1) is 11.5. The number of ketones is 1. The van der Waals surface area contributed by atoms with E-state index in [-0.39, 0.29) is 11.5 Å². The van der Waals surface area contributed by atoms with E-state index in [4.69, 9.17) is 4.74 Å². The Labute approximate surface area is 137 Å². The Balaban J connectivity index is 1.64. The molecule has 0 aliphatic carbocycles. The summed E-state index contributed by atoms with van der Waals surface area (Å²) in [5.41, 5.74) is 3.26. The molecule has 0 saturated carbocycles. The zero-order valence-electron chi connectivity index (χ0n) is 12.7. The number of hydrogen-bond acceptors (Lipinski definition) is 6. The predicted molar refractivity (Wildman–Crippen MR) is 87.4 cm³/mol. The predicted octanol–water partition coefficient (Wildman–Crippen LogP) is 3.25. The molecule has 120 valence electrons. The molecule has 0 unspecified atom stereocenters. The van der Waals surface area contributed by atoms with E-state index < -0.39 is 11.0 Å². The van der Waals surface area contributed by atoms with Gasteiger partial charge in [0.2, 0.25) is 11.7 Å². The van der Waals surface area contributed by atoms with Gasteiger partial charge in [0, 0.05) is 17.7 Å². The third kappa shape index (κ3) is 2.18. The van der Waals surface area contributed by atoms with Gasteiger partial charge in [0.1, 0.15) is 5.70 Å². The highest BCUT2D eigenvalue weighted by Gasteiger charge is 2.39. The van der Waals surface area contributed by atoms with Gasteiger partial charge in [-0.1, -0.05) is 29.8 Å². The molecule has 0 bridgehead atoms. The SMILES string of the molecule is Cc1ccc([C@@H]2OC3=C(Nc4ccc([N+](=O)[O-])cc4N3)C2=O)cc1. The molecule has 2 aromatic rings. The lowest BCUT2D eigenvalue weighted by molar-refractivity contribution is -0.384. The Bertz CT molecular complexity index is 903. The largest absolute Gasteiger partial charge is 0.461 e. The number of anilines is 2. The van der Waals surface area contributed by atoms with Crippen LogP contribution < -0.4 is 10.6 Å². The second-order valence-corrected chi connectivity index (χ2v) is 5.71. The third-order valence-corrected chi connectivity index (χ3v) is 4.05. The zero-order chi connectivity index (χ0) is 16.8. The summed E-state index contributed by atoms with van der Waals surface area (Å²) in [4.78, 5) is 23.0. The van der Waals surface area contributed by atoms with Crippen molar-refractivity contribution in [1.29, 1.82) is 0 Å². The molecule has 0 radical (unpaired) electrons. The van der Waals surface area contributed by atoms with Crippen LogP contribution in [0.25, 0.3) is 0 Å². The number of carbonyl (C=O) groups is 1. The monoisotopic (exact) mass is 323 g/mol. The van der Waals surface area contributed by atoms with Crippen LogP contribution in [0.5, 0.6) is 0 Å². The van der Waals surface area contributed by atoms with Crippen LogP contribution in [0, 0.1) is 17.0 Å². The number of nitrogens with one attached hydrogen (secondary N) is 2. The van der Waals surface area contributed by atoms with Crippen molar-refractivity contribution in [3.05, 3.63) is 75.3 Å². The van der Waals surface area contributed by atoms with E-state index in [0.717, 1.165) is 11.1 Å². The number of ether oxygens (including phenoxy) is 1. The summed E-state index contributed by atoms with van der Waals surface area (Å²) in [6, 6.07) is 11.9. The van der Waals surface area contributed by atoms with Gasteiger partial charge in [-0.3, -0.25) is 14.9 Å². The fourth-order valence-electron chi connectivity index (χ4n) is 2.76. The number of nitro groups is 1. The quantitative estimate of drug-likeness (QED) is 0.651. The van der Waals surface area contributed by atoms with E-state index >= 15 is 0 Å². The van der Waals surface area contributed by atoms with Gasteiger partial charge >= 0.3 is 0 Å². The first-order valence-corrected chi connectivity index (χ1v) is 7.37. The standard InChI is InChI=1S/C17H13N3O4/c1-9-2-4-10(5-3-9)16-15(21)14-17(24-16)19-13-8-11(20(22)23)6-7-12(13)18-14/h2-8,16,18-19H,1H3/t16-/m0/s1. The average molecular weight is 323 g/mol. The van der Waals surface area contributed by atoms with Crippen LogP contribution in [-0.4, -0.2) is 10.7 Å². The fraction of sp³-hybridized carbons (Fsp3) is 0.118. The van der Waals surface area contributed by atoms with Gasteiger partial charge in [-0.15, -0.1) is 0 Å². The van der Waals surface area contributed by atoms with E-state index in [2.05, 4.69) is 10.6 Å². The Kier molecular flexibility index (Phi) is 3.02. The Morgan fingerprint density at radius 2 is 1.83 bits per heavy atom. The van der Waals surface area contributed by atoms with Crippen LogP contribution in [-0.2, 0) is 9.53 Å². The number of nitro benzene ring substituents is 1. The summed E-state index contributed by atoms with van der Waals surface area (Å²) in [5.74, 6) is 0.115. The second kappa shape index (κ2) is 5.09. The number of benzene rings is 2. The van der Waals surface area contributed by atoms with Crippen molar-refractivity contribution in [2.45, 2.75) is 13.0 Å². The molecule has 0 saturated heterocycles. The Hall–Kier alpha value is -3.35. The topological polar surface area (TPSA) is 93.5 Å². The van der Waals surface area contributed by atoms with Gasteiger partial charge in [-0.05, 0) is 13.0 Å². The van der Waals surface area contributed by atoms with Gasteiger partial charge in [0.15, 0.2) is 6.10 Å². The molecule has 2 aliphatic heterocycles. The summed E-state index contributed by atoms with van der Waals surface area (Å²) >= 11 is 0. The second-order valence-electron chi connectivity index (χ2n) is 5.71. The smallest absolute Gasteiger partial charge is 0.271 e. The number of rotatable bonds is 2. The van der Waals surface area contributed by atoms with Crippen molar-refractivity contribution in [3.8, 4) is 0 Å². The molecule has 0 aromatic heterocycles. The maximum atomic E-state index is 12.6. The molecule has 7 heteroatoms. The molecular weight excluding hydrogens is 310 g/mol. The third-order valence-electron chi connectivity index (χ3n) is 4.05. The number of carbonyl (C=O) groups excluding carboxylic acids is 1. The lowest BCUT2D eigenvalue weighted by Gasteiger charge is -2.19. The Morgan fingerprint density at radius 1 is 1.08 bits per heavy atom. The summed E-state index contributed by atoms with van der Waals surface area (Å²) in [5, 5.41) is 16.9. The van der Waals surface area contributed by atoms with Crippen molar-refractivity contribution in [2.75, 3.05) is 10.6 Å². The van der Waals surface area contributed by atoms with Crippen molar-refractivity contribution < 1.29 is 14.5 Å². The number of Topliss-reactive ketones (excluding diaryl/α,β-unsaturated/α-hetero) is 1. The first kappa shape index (κ1) is 14.3. The summed E-state index contributed by atoms with van der Waals surface area (Å²) in [6.45, 7) is 1.97. The highest BCUT2D eigenvalue weighted by atomic mass is 16.6. The molecule has 4 rings (SSSR count). The maximum Gasteiger partial charge on any atom is 0.271 e. The lowest BCUT2D eigenvalue weighted by Crippen LogP contribution is -2.18. The van der Waals surface area contributed by atoms with E-state index in [9.17, 15) is 14.9 Å². The van der Waals surface area contributed by atoms with Gasteiger partial charge in [-0.25, -0.2) is 0 Å². The summed E-state index contributed by atoms with van der Waals surface area (Å²) in [6.07, 6.45) is -0.722. The molecule has 0 amide bonds. The minimum atomic E-state index is -0.722. The minimum Gasteiger partial charge on any atom is -0.461 e. The fourth-order valence-corrected chi connectivity index (χ4v) is 2.76. The van der Waals surface area contributed by atoms with E-state index in [1.54, 1.807) is 6.07 Å². The summed E-state index contributed by atoms with van der Waals surface area (Å²) < 4.78 is 5.75. The minimum absolute atomic E-state index is 0.0356. The number of aryl methyl sites for hydroxylation is 1. The zero-order valence-corrected chi connectivity index (χ0v) is 12.7. The molecule has 7 nitrogen and oxygen atoms in total. The van der Waals surface area contributed by atoms with Crippen LogP contribution in [0.1, 0.15) is 17.2 Å². The van der Waals surface area contributed by atoms with Gasteiger partial charge < -0.3 is 15.4 Å². The van der Waals surface area contributed by atoms with Crippen molar-refractivity contribution in [3.63, 3.8) is 0 Å². The van der Waals surface area contributed by atoms with Gasteiger partial charge in [0.05, 0.1) is 16.3 Å². The van der Waals surface area contributed by atoms with Crippen molar-refractivity contribution >= 4 is 22.8 Å². The number of nitrogens with zero attached hydrogens (tertiary/aromatic N) is 1. The molecule has 0 fully saturated rings.